The number of aromatic nitrogens is 2. The van der Waals surface area contributed by atoms with Crippen LogP contribution in [0, 0.1) is 0 Å². The second kappa shape index (κ2) is 8.02. The molecule has 0 saturated carbocycles. The van der Waals surface area contributed by atoms with E-state index in [-0.39, 0.29) is 5.41 Å². The second-order valence-electron chi connectivity index (χ2n) is 6.49. The molecule has 0 aliphatic carbocycles. The van der Waals surface area contributed by atoms with Crippen LogP contribution in [-0.4, -0.2) is 16.0 Å². The molecule has 1 aromatic heterocycles. The van der Waals surface area contributed by atoms with Crippen LogP contribution in [0.25, 0.3) is 0 Å². The number of amidine groups is 1. The standard InChI is InChI=1S/C18H23BrN6/c1-12(22-13-8-6-5-7-9-13)21-11-14(19)17(20)23-16-10-15(24-25-16)18(2,3)4/h5-11,21-22H,1H2,2-4H3,(H3,20,23,24,25). The summed E-state index contributed by atoms with van der Waals surface area (Å²) in [6.45, 7) is 10.2. The van der Waals surface area contributed by atoms with E-state index < -0.39 is 0 Å². The SMILES string of the molecule is C=C(NC=C(Br)C(N)=Nc1cc(C(C)(C)C)[nH]n1)Nc1ccccc1. The maximum atomic E-state index is 6.00. The summed E-state index contributed by atoms with van der Waals surface area (Å²) in [5, 5.41) is 13.3. The van der Waals surface area contributed by atoms with E-state index in [4.69, 9.17) is 5.73 Å². The fourth-order valence-corrected chi connectivity index (χ4v) is 2.09. The molecule has 25 heavy (non-hydrogen) atoms. The number of benzene rings is 1. The van der Waals surface area contributed by atoms with Crippen molar-refractivity contribution >= 4 is 33.3 Å². The van der Waals surface area contributed by atoms with E-state index in [0.717, 1.165) is 11.4 Å². The fraction of sp³-hybridized carbons (Fsp3) is 0.222. The number of anilines is 1. The Hall–Kier alpha value is -2.54. The van der Waals surface area contributed by atoms with Gasteiger partial charge in [-0.3, -0.25) is 5.10 Å². The van der Waals surface area contributed by atoms with Gasteiger partial charge in [0, 0.05) is 29.1 Å². The largest absolute Gasteiger partial charge is 0.383 e. The molecule has 0 radical (unpaired) electrons. The lowest BCUT2D eigenvalue weighted by atomic mass is 9.92. The molecule has 0 atom stereocenters. The first-order valence-corrected chi connectivity index (χ1v) is 8.58. The van der Waals surface area contributed by atoms with E-state index in [9.17, 15) is 0 Å². The van der Waals surface area contributed by atoms with Gasteiger partial charge in [0.05, 0.1) is 10.3 Å². The minimum absolute atomic E-state index is 0.0228. The Morgan fingerprint density at radius 1 is 1.32 bits per heavy atom. The average molecular weight is 403 g/mol. The number of aliphatic imine (C=N–C) groups is 1. The van der Waals surface area contributed by atoms with Crippen LogP contribution in [0.15, 0.2) is 64.5 Å². The Bertz CT molecular complexity index is 783. The first-order valence-electron chi connectivity index (χ1n) is 7.79. The van der Waals surface area contributed by atoms with Gasteiger partial charge < -0.3 is 16.4 Å². The lowest BCUT2D eigenvalue weighted by Crippen LogP contribution is -2.17. The molecule has 0 spiro atoms. The summed E-state index contributed by atoms with van der Waals surface area (Å²) in [6.07, 6.45) is 1.68. The predicted octanol–water partition coefficient (Wildman–Crippen LogP) is 4.11. The molecular weight excluding hydrogens is 380 g/mol. The predicted molar refractivity (Wildman–Crippen MR) is 108 cm³/mol. The molecule has 0 amide bonds. The van der Waals surface area contributed by atoms with E-state index in [1.807, 2.05) is 36.4 Å². The van der Waals surface area contributed by atoms with E-state index in [1.54, 1.807) is 6.20 Å². The van der Waals surface area contributed by atoms with E-state index >= 15 is 0 Å². The molecule has 6 nitrogen and oxygen atoms in total. The minimum Gasteiger partial charge on any atom is -0.383 e. The zero-order chi connectivity index (χ0) is 18.4. The monoisotopic (exact) mass is 402 g/mol. The van der Waals surface area contributed by atoms with E-state index in [1.165, 1.54) is 0 Å². The average Bonchev–Trinajstić information content (AvgIpc) is 3.02. The molecule has 2 aromatic rings. The lowest BCUT2D eigenvalue weighted by Gasteiger charge is -2.14. The van der Waals surface area contributed by atoms with Gasteiger partial charge in [-0.05, 0) is 28.1 Å². The maximum absolute atomic E-state index is 6.00. The summed E-state index contributed by atoms with van der Waals surface area (Å²) in [7, 11) is 0. The third-order valence-electron chi connectivity index (χ3n) is 3.29. The van der Waals surface area contributed by atoms with Gasteiger partial charge in [0.25, 0.3) is 0 Å². The van der Waals surface area contributed by atoms with Crippen molar-refractivity contribution in [1.82, 2.24) is 15.5 Å². The Morgan fingerprint density at radius 2 is 2.00 bits per heavy atom. The molecule has 1 aromatic carbocycles. The van der Waals surface area contributed by atoms with Crippen LogP contribution in [-0.2, 0) is 5.41 Å². The lowest BCUT2D eigenvalue weighted by molar-refractivity contribution is 0.567. The summed E-state index contributed by atoms with van der Waals surface area (Å²) in [4.78, 5) is 4.30. The minimum atomic E-state index is -0.0228. The molecule has 5 N–H and O–H groups in total. The Labute approximate surface area is 156 Å². The number of halogens is 1. The van der Waals surface area contributed by atoms with Gasteiger partial charge in [0.15, 0.2) is 5.82 Å². The summed E-state index contributed by atoms with van der Waals surface area (Å²) < 4.78 is 0.601. The van der Waals surface area contributed by atoms with Crippen molar-refractivity contribution in [2.75, 3.05) is 5.32 Å². The molecule has 0 aliphatic rings. The molecule has 0 fully saturated rings. The van der Waals surface area contributed by atoms with Crippen molar-refractivity contribution in [1.29, 1.82) is 0 Å². The zero-order valence-electron chi connectivity index (χ0n) is 14.6. The highest BCUT2D eigenvalue weighted by Gasteiger charge is 2.16. The molecule has 0 bridgehead atoms. The number of H-pyrrole nitrogens is 1. The highest BCUT2D eigenvalue weighted by Crippen LogP contribution is 2.23. The Morgan fingerprint density at radius 3 is 2.60 bits per heavy atom. The third-order valence-corrected chi connectivity index (χ3v) is 3.93. The number of hydrogen-bond donors (Lipinski definition) is 4. The summed E-state index contributed by atoms with van der Waals surface area (Å²) in [6, 6.07) is 11.6. The number of nitrogens with one attached hydrogen (secondary N) is 3. The molecule has 2 rings (SSSR count). The third kappa shape index (κ3) is 5.79. The smallest absolute Gasteiger partial charge is 0.175 e. The number of nitrogens with zero attached hydrogens (tertiary/aromatic N) is 2. The molecular formula is C18H23BrN6. The van der Waals surface area contributed by atoms with E-state index in [0.29, 0.717) is 22.0 Å². The summed E-state index contributed by atoms with van der Waals surface area (Å²) in [5.41, 5.74) is 7.91. The van der Waals surface area contributed by atoms with Crippen molar-refractivity contribution in [3.05, 3.63) is 65.2 Å². The van der Waals surface area contributed by atoms with Gasteiger partial charge in [-0.2, -0.15) is 5.10 Å². The fourth-order valence-electron chi connectivity index (χ4n) is 1.89. The molecule has 132 valence electrons. The van der Waals surface area contributed by atoms with Crippen LogP contribution in [0.2, 0.25) is 0 Å². The van der Waals surface area contributed by atoms with E-state index in [2.05, 4.69) is 69.1 Å². The number of nitrogens with two attached hydrogens (primary N) is 1. The Kier molecular flexibility index (Phi) is 6.03. The normalized spacial score (nSPS) is 12.8. The molecule has 0 unspecified atom stereocenters. The van der Waals surface area contributed by atoms with Gasteiger partial charge in [0.2, 0.25) is 0 Å². The van der Waals surface area contributed by atoms with Crippen LogP contribution in [0.4, 0.5) is 11.5 Å². The van der Waals surface area contributed by atoms with Crippen LogP contribution in [0.3, 0.4) is 0 Å². The Balaban J connectivity index is 1.98. The first kappa shape index (κ1) is 18.8. The van der Waals surface area contributed by atoms with Crippen molar-refractivity contribution in [3.8, 4) is 0 Å². The molecule has 0 aliphatic heterocycles. The van der Waals surface area contributed by atoms with Crippen molar-refractivity contribution in [3.63, 3.8) is 0 Å². The van der Waals surface area contributed by atoms with Crippen LogP contribution >= 0.6 is 15.9 Å². The first-order chi connectivity index (χ1) is 11.8. The topological polar surface area (TPSA) is 91.1 Å². The highest BCUT2D eigenvalue weighted by atomic mass is 79.9. The highest BCUT2D eigenvalue weighted by molar-refractivity contribution is 9.12. The molecule has 7 heteroatoms. The van der Waals surface area contributed by atoms with Gasteiger partial charge in [-0.1, -0.05) is 45.5 Å². The zero-order valence-corrected chi connectivity index (χ0v) is 16.2. The van der Waals surface area contributed by atoms with Crippen molar-refractivity contribution in [2.24, 2.45) is 10.7 Å². The quantitative estimate of drug-likeness (QED) is 0.432. The number of aromatic amines is 1. The number of para-hydroxylation sites is 1. The second-order valence-corrected chi connectivity index (χ2v) is 7.35. The molecule has 1 heterocycles. The van der Waals surface area contributed by atoms with Crippen LogP contribution in [0.5, 0.6) is 0 Å². The van der Waals surface area contributed by atoms with Crippen LogP contribution < -0.4 is 16.4 Å². The van der Waals surface area contributed by atoms with Crippen LogP contribution in [0.1, 0.15) is 26.5 Å². The summed E-state index contributed by atoms with van der Waals surface area (Å²) >= 11 is 3.40. The van der Waals surface area contributed by atoms with Gasteiger partial charge >= 0.3 is 0 Å². The number of rotatable bonds is 6. The van der Waals surface area contributed by atoms with Gasteiger partial charge in [0.1, 0.15) is 5.84 Å². The van der Waals surface area contributed by atoms with Gasteiger partial charge in [-0.25, -0.2) is 4.99 Å². The summed E-state index contributed by atoms with van der Waals surface area (Å²) in [5.74, 6) is 1.46. The number of hydrogen-bond acceptors (Lipinski definition) is 4. The molecule has 0 saturated heterocycles. The van der Waals surface area contributed by atoms with Crippen molar-refractivity contribution < 1.29 is 0 Å². The van der Waals surface area contributed by atoms with Crippen molar-refractivity contribution in [2.45, 2.75) is 26.2 Å². The van der Waals surface area contributed by atoms with Gasteiger partial charge in [-0.15, -0.1) is 0 Å². The maximum Gasteiger partial charge on any atom is 0.175 e.